The average molecular weight is 300 g/mol. The number of carbonyl (C=O) groups excluding carboxylic acids is 2. The van der Waals surface area contributed by atoms with Gasteiger partial charge in [-0.05, 0) is 40.5 Å². The molecular formula is C12H14BrNO3. The molecule has 5 heteroatoms. The number of anilines is 1. The molecule has 1 aromatic carbocycles. The standard InChI is InChI=1S/C12H14BrNO3/c1-8-3-4-10(9(13)7-8)14-11(15)5-6-12(16)17-2/h3-4,7H,5-6H2,1-2H3,(H,14,15). The van der Waals surface area contributed by atoms with Gasteiger partial charge in [0.15, 0.2) is 0 Å². The predicted octanol–water partition coefficient (Wildman–Crippen LogP) is 2.65. The van der Waals surface area contributed by atoms with Crippen LogP contribution in [0.1, 0.15) is 18.4 Å². The van der Waals surface area contributed by atoms with Gasteiger partial charge in [0.25, 0.3) is 0 Å². The van der Waals surface area contributed by atoms with Gasteiger partial charge in [-0.2, -0.15) is 0 Å². The second-order valence-electron chi connectivity index (χ2n) is 3.61. The lowest BCUT2D eigenvalue weighted by Crippen LogP contribution is -2.14. The van der Waals surface area contributed by atoms with Crippen molar-refractivity contribution in [3.05, 3.63) is 28.2 Å². The number of nitrogens with one attached hydrogen (secondary N) is 1. The molecule has 0 aliphatic carbocycles. The van der Waals surface area contributed by atoms with E-state index in [0.717, 1.165) is 10.0 Å². The van der Waals surface area contributed by atoms with Crippen molar-refractivity contribution in [3.63, 3.8) is 0 Å². The van der Waals surface area contributed by atoms with E-state index in [1.165, 1.54) is 7.11 Å². The quantitative estimate of drug-likeness (QED) is 0.870. The van der Waals surface area contributed by atoms with E-state index in [4.69, 9.17) is 0 Å². The molecule has 0 aliphatic rings. The predicted molar refractivity (Wildman–Crippen MR) is 68.8 cm³/mol. The molecule has 0 saturated carbocycles. The van der Waals surface area contributed by atoms with E-state index in [2.05, 4.69) is 26.0 Å². The van der Waals surface area contributed by atoms with E-state index in [1.807, 2.05) is 25.1 Å². The minimum atomic E-state index is -0.386. The van der Waals surface area contributed by atoms with Crippen molar-refractivity contribution in [3.8, 4) is 0 Å². The summed E-state index contributed by atoms with van der Waals surface area (Å²) >= 11 is 3.36. The number of ether oxygens (including phenoxy) is 1. The van der Waals surface area contributed by atoms with Crippen LogP contribution >= 0.6 is 15.9 Å². The van der Waals surface area contributed by atoms with E-state index in [0.29, 0.717) is 5.69 Å². The summed E-state index contributed by atoms with van der Waals surface area (Å²) in [6, 6.07) is 5.63. The van der Waals surface area contributed by atoms with Crippen molar-refractivity contribution in [2.75, 3.05) is 12.4 Å². The maximum absolute atomic E-state index is 11.5. The first-order chi connectivity index (χ1) is 8.02. The van der Waals surface area contributed by atoms with Crippen molar-refractivity contribution >= 4 is 33.5 Å². The summed E-state index contributed by atoms with van der Waals surface area (Å²) in [6.45, 7) is 1.97. The van der Waals surface area contributed by atoms with Crippen LogP contribution in [0.3, 0.4) is 0 Å². The fourth-order valence-corrected chi connectivity index (χ4v) is 1.84. The van der Waals surface area contributed by atoms with Gasteiger partial charge in [-0.1, -0.05) is 6.07 Å². The van der Waals surface area contributed by atoms with Crippen molar-refractivity contribution in [2.24, 2.45) is 0 Å². The maximum atomic E-state index is 11.5. The zero-order chi connectivity index (χ0) is 12.8. The van der Waals surface area contributed by atoms with Crippen LogP contribution in [0.25, 0.3) is 0 Å². The number of esters is 1. The Kier molecular flexibility index (Phi) is 5.15. The third-order valence-electron chi connectivity index (χ3n) is 2.18. The molecule has 1 rings (SSSR count). The molecule has 0 fully saturated rings. The van der Waals surface area contributed by atoms with Gasteiger partial charge in [0.1, 0.15) is 0 Å². The molecular weight excluding hydrogens is 286 g/mol. The SMILES string of the molecule is COC(=O)CCC(=O)Nc1ccc(C)cc1Br. The Morgan fingerprint density at radius 3 is 2.65 bits per heavy atom. The summed E-state index contributed by atoms with van der Waals surface area (Å²) in [5.41, 5.74) is 1.80. The summed E-state index contributed by atoms with van der Waals surface area (Å²) in [5.74, 6) is -0.594. The third kappa shape index (κ3) is 4.56. The van der Waals surface area contributed by atoms with E-state index in [1.54, 1.807) is 0 Å². The average Bonchev–Trinajstić information content (AvgIpc) is 2.29. The van der Waals surface area contributed by atoms with Crippen molar-refractivity contribution in [1.29, 1.82) is 0 Å². The zero-order valence-electron chi connectivity index (χ0n) is 9.75. The Bertz CT molecular complexity index is 432. The van der Waals surface area contributed by atoms with E-state index in [9.17, 15) is 9.59 Å². The van der Waals surface area contributed by atoms with Crippen LogP contribution < -0.4 is 5.32 Å². The molecule has 0 saturated heterocycles. The second-order valence-corrected chi connectivity index (χ2v) is 4.46. The van der Waals surface area contributed by atoms with Gasteiger partial charge < -0.3 is 10.1 Å². The summed E-state index contributed by atoms with van der Waals surface area (Å²) in [6.07, 6.45) is 0.207. The number of hydrogen-bond acceptors (Lipinski definition) is 3. The molecule has 4 nitrogen and oxygen atoms in total. The van der Waals surface area contributed by atoms with Gasteiger partial charge in [0.2, 0.25) is 5.91 Å². The Hall–Kier alpha value is -1.36. The number of rotatable bonds is 4. The van der Waals surface area contributed by atoms with Crippen LogP contribution in [-0.2, 0) is 14.3 Å². The highest BCUT2D eigenvalue weighted by Gasteiger charge is 2.08. The van der Waals surface area contributed by atoms with Crippen molar-refractivity contribution < 1.29 is 14.3 Å². The van der Waals surface area contributed by atoms with Gasteiger partial charge in [-0.25, -0.2) is 0 Å². The number of amides is 1. The van der Waals surface area contributed by atoms with E-state index < -0.39 is 0 Å². The molecule has 0 unspecified atom stereocenters. The molecule has 1 amide bonds. The van der Waals surface area contributed by atoms with Crippen LogP contribution in [0.15, 0.2) is 22.7 Å². The molecule has 0 bridgehead atoms. The number of aryl methyl sites for hydroxylation is 1. The molecule has 0 spiro atoms. The first-order valence-corrected chi connectivity index (χ1v) is 5.95. The molecule has 0 aromatic heterocycles. The minimum absolute atomic E-state index is 0.0891. The number of carbonyl (C=O) groups is 2. The third-order valence-corrected chi connectivity index (χ3v) is 2.84. The van der Waals surface area contributed by atoms with E-state index >= 15 is 0 Å². The minimum Gasteiger partial charge on any atom is -0.469 e. The molecule has 0 aliphatic heterocycles. The first-order valence-electron chi connectivity index (χ1n) is 5.15. The van der Waals surface area contributed by atoms with E-state index in [-0.39, 0.29) is 24.7 Å². The fourth-order valence-electron chi connectivity index (χ4n) is 1.25. The monoisotopic (exact) mass is 299 g/mol. The smallest absolute Gasteiger partial charge is 0.306 e. The molecule has 17 heavy (non-hydrogen) atoms. The van der Waals surface area contributed by atoms with Crippen LogP contribution in [0, 0.1) is 6.92 Å². The van der Waals surface area contributed by atoms with Crippen LogP contribution in [0.5, 0.6) is 0 Å². The van der Waals surface area contributed by atoms with Gasteiger partial charge in [-0.15, -0.1) is 0 Å². The van der Waals surface area contributed by atoms with Crippen LogP contribution in [0.2, 0.25) is 0 Å². The normalized spacial score (nSPS) is 9.82. The molecule has 92 valence electrons. The Balaban J connectivity index is 2.53. The summed E-state index contributed by atoms with van der Waals surface area (Å²) in [4.78, 5) is 22.4. The van der Waals surface area contributed by atoms with Crippen LogP contribution in [-0.4, -0.2) is 19.0 Å². The molecule has 0 atom stereocenters. The highest BCUT2D eigenvalue weighted by Crippen LogP contribution is 2.23. The van der Waals surface area contributed by atoms with Crippen molar-refractivity contribution in [2.45, 2.75) is 19.8 Å². The van der Waals surface area contributed by atoms with Gasteiger partial charge >= 0.3 is 5.97 Å². The lowest BCUT2D eigenvalue weighted by Gasteiger charge is -2.07. The molecule has 0 heterocycles. The first kappa shape index (κ1) is 13.7. The Morgan fingerprint density at radius 2 is 2.06 bits per heavy atom. The van der Waals surface area contributed by atoms with Crippen molar-refractivity contribution in [1.82, 2.24) is 0 Å². The Labute approximate surface area is 108 Å². The highest BCUT2D eigenvalue weighted by atomic mass is 79.9. The lowest BCUT2D eigenvalue weighted by atomic mass is 10.2. The topological polar surface area (TPSA) is 55.4 Å². The molecule has 1 aromatic rings. The molecule has 0 radical (unpaired) electrons. The molecule has 1 N–H and O–H groups in total. The maximum Gasteiger partial charge on any atom is 0.306 e. The Morgan fingerprint density at radius 1 is 1.35 bits per heavy atom. The van der Waals surface area contributed by atoms with Gasteiger partial charge in [0.05, 0.1) is 19.2 Å². The summed E-state index contributed by atoms with van der Waals surface area (Å²) in [5, 5.41) is 2.72. The van der Waals surface area contributed by atoms with Crippen LogP contribution in [0.4, 0.5) is 5.69 Å². The largest absolute Gasteiger partial charge is 0.469 e. The van der Waals surface area contributed by atoms with Gasteiger partial charge in [-0.3, -0.25) is 9.59 Å². The number of hydrogen-bond donors (Lipinski definition) is 1. The van der Waals surface area contributed by atoms with Gasteiger partial charge in [0, 0.05) is 10.9 Å². The number of methoxy groups -OCH3 is 1. The second kappa shape index (κ2) is 6.39. The highest BCUT2D eigenvalue weighted by molar-refractivity contribution is 9.10. The zero-order valence-corrected chi connectivity index (χ0v) is 11.3. The summed E-state index contributed by atoms with van der Waals surface area (Å²) in [7, 11) is 1.30. The lowest BCUT2D eigenvalue weighted by molar-refractivity contribution is -0.141. The summed E-state index contributed by atoms with van der Waals surface area (Å²) < 4.78 is 5.29. The fraction of sp³-hybridized carbons (Fsp3) is 0.333. The number of halogens is 1. The number of benzene rings is 1.